The van der Waals surface area contributed by atoms with Crippen molar-refractivity contribution in [2.24, 2.45) is 5.92 Å². The Morgan fingerprint density at radius 1 is 1.04 bits per heavy atom. The number of rotatable bonds is 4. The summed E-state index contributed by atoms with van der Waals surface area (Å²) in [4.78, 5) is 12.6. The van der Waals surface area contributed by atoms with Crippen molar-refractivity contribution in [2.45, 2.75) is 58.8 Å². The fourth-order valence-corrected chi connectivity index (χ4v) is 3.81. The third-order valence-electron chi connectivity index (χ3n) is 5.49. The summed E-state index contributed by atoms with van der Waals surface area (Å²) in [5, 5.41) is 3.21. The molecule has 2 nitrogen and oxygen atoms in total. The number of amides is 1. The standard InChI is InChI=1S/C22H27NO.C2H6/c1-17-11-13-22(14-12-17,20-9-4-3-5-10-20)16-23-21(24)19-8-6-7-18(2)15-19;1-2/h3-10,15,17H,11-14,16H2,1-2H3,(H,23,24);1-2H3. The van der Waals surface area contributed by atoms with Crippen LogP contribution in [0.15, 0.2) is 54.6 Å². The Balaban J connectivity index is 0.00000117. The molecule has 1 aliphatic carbocycles. The van der Waals surface area contributed by atoms with Crippen LogP contribution in [0.1, 0.15) is 67.9 Å². The zero-order valence-corrected chi connectivity index (χ0v) is 16.7. The van der Waals surface area contributed by atoms with Crippen molar-refractivity contribution >= 4 is 5.91 Å². The van der Waals surface area contributed by atoms with Crippen LogP contribution in [0.25, 0.3) is 0 Å². The zero-order valence-electron chi connectivity index (χ0n) is 16.7. The highest BCUT2D eigenvalue weighted by atomic mass is 16.1. The van der Waals surface area contributed by atoms with Crippen LogP contribution < -0.4 is 5.32 Å². The molecule has 1 amide bonds. The molecule has 0 unspecified atom stereocenters. The lowest BCUT2D eigenvalue weighted by Crippen LogP contribution is -2.43. The van der Waals surface area contributed by atoms with Crippen molar-refractivity contribution < 1.29 is 4.79 Å². The Morgan fingerprint density at radius 2 is 1.69 bits per heavy atom. The van der Waals surface area contributed by atoms with Gasteiger partial charge in [-0.2, -0.15) is 0 Å². The van der Waals surface area contributed by atoms with Crippen LogP contribution >= 0.6 is 0 Å². The summed E-state index contributed by atoms with van der Waals surface area (Å²) < 4.78 is 0. The second-order valence-corrected chi connectivity index (χ2v) is 7.38. The van der Waals surface area contributed by atoms with Crippen LogP contribution in [0, 0.1) is 12.8 Å². The molecule has 0 radical (unpaired) electrons. The quantitative estimate of drug-likeness (QED) is 0.730. The van der Waals surface area contributed by atoms with E-state index in [0.717, 1.165) is 36.4 Å². The van der Waals surface area contributed by atoms with E-state index in [-0.39, 0.29) is 11.3 Å². The topological polar surface area (TPSA) is 29.1 Å². The van der Waals surface area contributed by atoms with Crippen LogP contribution in [0.2, 0.25) is 0 Å². The molecular formula is C24H33NO. The van der Waals surface area contributed by atoms with Crippen molar-refractivity contribution in [3.63, 3.8) is 0 Å². The van der Waals surface area contributed by atoms with Gasteiger partial charge in [0.2, 0.25) is 0 Å². The fraction of sp³-hybridized carbons (Fsp3) is 0.458. The molecule has 0 spiro atoms. The Kier molecular flexibility index (Phi) is 7.44. The van der Waals surface area contributed by atoms with Gasteiger partial charge in [-0.3, -0.25) is 4.79 Å². The molecule has 0 aliphatic heterocycles. The summed E-state index contributed by atoms with van der Waals surface area (Å²) >= 11 is 0. The van der Waals surface area contributed by atoms with E-state index in [2.05, 4.69) is 42.6 Å². The first-order chi connectivity index (χ1) is 12.6. The lowest BCUT2D eigenvalue weighted by molar-refractivity contribution is 0.0933. The van der Waals surface area contributed by atoms with Gasteiger partial charge >= 0.3 is 0 Å². The van der Waals surface area contributed by atoms with Crippen LogP contribution in [0.5, 0.6) is 0 Å². The second kappa shape index (κ2) is 9.56. The molecule has 1 saturated carbocycles. The zero-order chi connectivity index (χ0) is 19.0. The van der Waals surface area contributed by atoms with Gasteiger partial charge in [-0.15, -0.1) is 0 Å². The first-order valence-electron chi connectivity index (χ1n) is 9.99. The Hall–Kier alpha value is -2.09. The molecule has 2 aromatic carbocycles. The normalized spacial score (nSPS) is 22.1. The van der Waals surface area contributed by atoms with Gasteiger partial charge in [0.25, 0.3) is 5.91 Å². The van der Waals surface area contributed by atoms with E-state index in [4.69, 9.17) is 0 Å². The molecule has 1 fully saturated rings. The molecule has 1 aliphatic rings. The van der Waals surface area contributed by atoms with Crippen LogP contribution in [-0.2, 0) is 5.41 Å². The van der Waals surface area contributed by atoms with Crippen molar-refractivity contribution in [3.8, 4) is 0 Å². The van der Waals surface area contributed by atoms with Crippen molar-refractivity contribution in [2.75, 3.05) is 6.54 Å². The molecule has 3 rings (SSSR count). The van der Waals surface area contributed by atoms with E-state index < -0.39 is 0 Å². The van der Waals surface area contributed by atoms with Crippen molar-refractivity contribution in [1.29, 1.82) is 0 Å². The van der Waals surface area contributed by atoms with Gasteiger partial charge in [-0.25, -0.2) is 0 Å². The molecule has 140 valence electrons. The maximum absolute atomic E-state index is 12.6. The number of carbonyl (C=O) groups is 1. The van der Waals surface area contributed by atoms with Crippen LogP contribution in [-0.4, -0.2) is 12.5 Å². The molecule has 1 N–H and O–H groups in total. The van der Waals surface area contributed by atoms with E-state index in [0.29, 0.717) is 0 Å². The number of hydrogen-bond donors (Lipinski definition) is 1. The molecule has 0 bridgehead atoms. The van der Waals surface area contributed by atoms with E-state index in [1.54, 1.807) is 0 Å². The summed E-state index contributed by atoms with van der Waals surface area (Å²) in [7, 11) is 0. The third-order valence-corrected chi connectivity index (χ3v) is 5.49. The number of aryl methyl sites for hydroxylation is 1. The van der Waals surface area contributed by atoms with Crippen LogP contribution in [0.4, 0.5) is 0 Å². The predicted octanol–water partition coefficient (Wildman–Crippen LogP) is 5.90. The lowest BCUT2D eigenvalue weighted by atomic mass is 9.67. The molecule has 2 aromatic rings. The summed E-state index contributed by atoms with van der Waals surface area (Å²) in [6, 6.07) is 18.5. The van der Waals surface area contributed by atoms with Gasteiger partial charge in [0, 0.05) is 17.5 Å². The Bertz CT molecular complexity index is 684. The number of benzene rings is 2. The Labute approximate surface area is 159 Å². The summed E-state index contributed by atoms with van der Waals surface area (Å²) in [5.74, 6) is 0.821. The fourth-order valence-electron chi connectivity index (χ4n) is 3.81. The second-order valence-electron chi connectivity index (χ2n) is 7.38. The molecule has 0 aromatic heterocycles. The molecule has 2 heteroatoms. The molecule has 0 heterocycles. The SMILES string of the molecule is CC.Cc1cccc(C(=O)NCC2(c3ccccc3)CCC(C)CC2)c1. The van der Waals surface area contributed by atoms with Gasteiger partial charge in [-0.1, -0.05) is 68.8 Å². The van der Waals surface area contributed by atoms with Gasteiger partial charge in [-0.05, 0) is 56.2 Å². The monoisotopic (exact) mass is 351 g/mol. The highest BCUT2D eigenvalue weighted by molar-refractivity contribution is 5.94. The molecule has 26 heavy (non-hydrogen) atoms. The minimum Gasteiger partial charge on any atom is -0.351 e. The minimum atomic E-state index is 0.0348. The van der Waals surface area contributed by atoms with Gasteiger partial charge in [0.1, 0.15) is 0 Å². The largest absolute Gasteiger partial charge is 0.351 e. The number of carbonyl (C=O) groups excluding carboxylic acids is 1. The highest BCUT2D eigenvalue weighted by Gasteiger charge is 2.36. The number of hydrogen-bond acceptors (Lipinski definition) is 1. The van der Waals surface area contributed by atoms with Crippen molar-refractivity contribution in [1.82, 2.24) is 5.32 Å². The minimum absolute atomic E-state index is 0.0348. The number of nitrogens with one attached hydrogen (secondary N) is 1. The molecular weight excluding hydrogens is 318 g/mol. The van der Waals surface area contributed by atoms with E-state index in [1.807, 2.05) is 45.0 Å². The summed E-state index contributed by atoms with van der Waals surface area (Å²) in [6.45, 7) is 9.07. The third kappa shape index (κ3) is 4.97. The maximum atomic E-state index is 12.6. The molecule has 0 atom stereocenters. The van der Waals surface area contributed by atoms with E-state index >= 15 is 0 Å². The average Bonchev–Trinajstić information content (AvgIpc) is 2.70. The van der Waals surface area contributed by atoms with Crippen molar-refractivity contribution in [3.05, 3.63) is 71.3 Å². The average molecular weight is 352 g/mol. The van der Waals surface area contributed by atoms with Gasteiger partial charge in [0.05, 0.1) is 0 Å². The first kappa shape index (κ1) is 20.2. The molecule has 0 saturated heterocycles. The summed E-state index contributed by atoms with van der Waals surface area (Å²) in [5.41, 5.74) is 3.31. The van der Waals surface area contributed by atoms with Crippen LogP contribution in [0.3, 0.4) is 0 Å². The van der Waals surface area contributed by atoms with Gasteiger partial charge < -0.3 is 5.32 Å². The first-order valence-corrected chi connectivity index (χ1v) is 9.99. The smallest absolute Gasteiger partial charge is 0.251 e. The van der Waals surface area contributed by atoms with Gasteiger partial charge in [0.15, 0.2) is 0 Å². The van der Waals surface area contributed by atoms with E-state index in [9.17, 15) is 4.79 Å². The highest BCUT2D eigenvalue weighted by Crippen LogP contribution is 2.41. The summed E-state index contributed by atoms with van der Waals surface area (Å²) in [6.07, 6.45) is 4.75. The predicted molar refractivity (Wildman–Crippen MR) is 111 cm³/mol. The van der Waals surface area contributed by atoms with E-state index in [1.165, 1.54) is 18.4 Å². The lowest BCUT2D eigenvalue weighted by Gasteiger charge is -2.40. The maximum Gasteiger partial charge on any atom is 0.251 e. The Morgan fingerprint density at radius 3 is 2.31 bits per heavy atom.